The standard InChI is InChI=1S/C26H24BrClN4O2S/c1-4-13(2)30-25(34)23-22(29)21-20(15-5-7-16(27)8-6-15)19(14(3)31-26(21)35-23)24(33)32-18-11-9-17(28)10-12-18/h5-13H,4,29H2,1-3H3,(H,30,34)(H,32,33)/t13-/m1/s1. The lowest BCUT2D eigenvalue weighted by Gasteiger charge is -2.15. The number of anilines is 2. The van der Waals surface area contributed by atoms with Crippen molar-refractivity contribution in [3.05, 3.63) is 74.2 Å². The van der Waals surface area contributed by atoms with Gasteiger partial charge in [0.15, 0.2) is 0 Å². The summed E-state index contributed by atoms with van der Waals surface area (Å²) in [5, 5.41) is 7.07. The van der Waals surface area contributed by atoms with Crippen LogP contribution in [0.5, 0.6) is 0 Å². The second-order valence-corrected chi connectivity index (χ2v) is 10.6. The van der Waals surface area contributed by atoms with E-state index in [1.54, 1.807) is 31.2 Å². The zero-order valence-corrected chi connectivity index (χ0v) is 22.6. The van der Waals surface area contributed by atoms with Gasteiger partial charge < -0.3 is 16.4 Å². The van der Waals surface area contributed by atoms with Crippen molar-refractivity contribution in [1.82, 2.24) is 10.3 Å². The summed E-state index contributed by atoms with van der Waals surface area (Å²) in [6.45, 7) is 5.73. The van der Waals surface area contributed by atoms with Gasteiger partial charge in [0.25, 0.3) is 11.8 Å². The van der Waals surface area contributed by atoms with E-state index in [-0.39, 0.29) is 17.9 Å². The predicted molar refractivity (Wildman–Crippen MR) is 149 cm³/mol. The lowest BCUT2D eigenvalue weighted by molar-refractivity contribution is 0.0943. The fourth-order valence-electron chi connectivity index (χ4n) is 3.74. The molecule has 0 radical (unpaired) electrons. The Kier molecular flexibility index (Phi) is 7.44. The van der Waals surface area contributed by atoms with Gasteiger partial charge >= 0.3 is 0 Å². The molecule has 2 aromatic carbocycles. The summed E-state index contributed by atoms with van der Waals surface area (Å²) in [5.74, 6) is -0.570. The highest BCUT2D eigenvalue weighted by Crippen LogP contribution is 2.42. The Morgan fingerprint density at radius 3 is 2.40 bits per heavy atom. The molecule has 4 N–H and O–H groups in total. The molecule has 4 rings (SSSR count). The largest absolute Gasteiger partial charge is 0.397 e. The highest BCUT2D eigenvalue weighted by Gasteiger charge is 2.27. The van der Waals surface area contributed by atoms with Crippen LogP contribution in [0.3, 0.4) is 0 Å². The summed E-state index contributed by atoms with van der Waals surface area (Å²) >= 11 is 10.7. The number of pyridine rings is 1. The van der Waals surface area contributed by atoms with Crippen LogP contribution in [0.15, 0.2) is 53.0 Å². The number of aromatic nitrogens is 1. The van der Waals surface area contributed by atoms with E-state index in [4.69, 9.17) is 17.3 Å². The molecule has 0 aliphatic heterocycles. The molecule has 2 heterocycles. The number of aryl methyl sites for hydroxylation is 1. The van der Waals surface area contributed by atoms with Gasteiger partial charge in [-0.15, -0.1) is 11.3 Å². The lowest BCUT2D eigenvalue weighted by atomic mass is 9.94. The van der Waals surface area contributed by atoms with Crippen molar-refractivity contribution < 1.29 is 9.59 Å². The van der Waals surface area contributed by atoms with Gasteiger partial charge in [-0.05, 0) is 62.2 Å². The van der Waals surface area contributed by atoms with Gasteiger partial charge in [-0.25, -0.2) is 4.98 Å². The minimum atomic E-state index is -0.326. The van der Waals surface area contributed by atoms with E-state index < -0.39 is 0 Å². The van der Waals surface area contributed by atoms with Crippen LogP contribution in [-0.4, -0.2) is 22.8 Å². The number of benzene rings is 2. The molecule has 180 valence electrons. The van der Waals surface area contributed by atoms with Crippen molar-refractivity contribution in [1.29, 1.82) is 0 Å². The van der Waals surface area contributed by atoms with Crippen molar-refractivity contribution in [3.8, 4) is 11.1 Å². The minimum Gasteiger partial charge on any atom is -0.397 e. The van der Waals surface area contributed by atoms with E-state index in [2.05, 4.69) is 31.5 Å². The van der Waals surface area contributed by atoms with Crippen LogP contribution in [0, 0.1) is 6.92 Å². The summed E-state index contributed by atoms with van der Waals surface area (Å²) in [6.07, 6.45) is 0.799. The second-order valence-electron chi connectivity index (χ2n) is 8.22. The monoisotopic (exact) mass is 570 g/mol. The predicted octanol–water partition coefficient (Wildman–Crippen LogP) is 7.05. The SMILES string of the molecule is CC[C@@H](C)NC(=O)c1sc2nc(C)c(C(=O)Nc3ccc(Cl)cc3)c(-c3ccc(Br)cc3)c2c1N. The van der Waals surface area contributed by atoms with E-state index >= 15 is 0 Å². The third kappa shape index (κ3) is 5.19. The molecule has 0 bridgehead atoms. The van der Waals surface area contributed by atoms with Crippen molar-refractivity contribution in [2.45, 2.75) is 33.2 Å². The Hall–Kier alpha value is -2.94. The first-order valence-corrected chi connectivity index (χ1v) is 13.0. The number of thiophene rings is 1. The number of fused-ring (bicyclic) bond motifs is 1. The molecule has 0 aliphatic rings. The van der Waals surface area contributed by atoms with Gasteiger partial charge in [-0.2, -0.15) is 0 Å². The van der Waals surface area contributed by atoms with E-state index in [1.165, 1.54) is 11.3 Å². The number of halogens is 2. The number of nitrogens with two attached hydrogens (primary N) is 1. The average molecular weight is 572 g/mol. The van der Waals surface area contributed by atoms with Gasteiger partial charge in [-0.1, -0.05) is 46.6 Å². The second kappa shape index (κ2) is 10.4. The Morgan fingerprint density at radius 2 is 1.77 bits per heavy atom. The lowest BCUT2D eigenvalue weighted by Crippen LogP contribution is -2.31. The molecule has 0 fully saturated rings. The molecule has 35 heavy (non-hydrogen) atoms. The van der Waals surface area contributed by atoms with Crippen molar-refractivity contribution in [2.75, 3.05) is 11.1 Å². The number of carbonyl (C=O) groups is 2. The summed E-state index contributed by atoms with van der Waals surface area (Å²) in [6, 6.07) is 14.5. The molecule has 0 unspecified atom stereocenters. The molecule has 0 aliphatic carbocycles. The Balaban J connectivity index is 1.92. The number of nitrogen functional groups attached to an aromatic ring is 1. The van der Waals surface area contributed by atoms with Crippen LogP contribution in [-0.2, 0) is 0 Å². The zero-order valence-electron chi connectivity index (χ0n) is 19.4. The topological polar surface area (TPSA) is 97.1 Å². The third-order valence-corrected chi connectivity index (χ3v) is 7.59. The van der Waals surface area contributed by atoms with Gasteiger partial charge in [0.1, 0.15) is 9.71 Å². The maximum Gasteiger partial charge on any atom is 0.263 e. The minimum absolute atomic E-state index is 0.00784. The van der Waals surface area contributed by atoms with Crippen LogP contribution in [0.2, 0.25) is 5.02 Å². The molecule has 0 saturated carbocycles. The van der Waals surface area contributed by atoms with Gasteiger partial charge in [0.05, 0.1) is 16.9 Å². The Morgan fingerprint density at radius 1 is 1.11 bits per heavy atom. The van der Waals surface area contributed by atoms with Gasteiger partial charge in [0, 0.05) is 32.2 Å². The van der Waals surface area contributed by atoms with Gasteiger partial charge in [-0.3, -0.25) is 9.59 Å². The van der Waals surface area contributed by atoms with E-state index in [9.17, 15) is 9.59 Å². The molecule has 2 amide bonds. The quantitative estimate of drug-likeness (QED) is 0.231. The fourth-order valence-corrected chi connectivity index (χ4v) is 5.18. The third-order valence-electron chi connectivity index (χ3n) is 5.72. The highest BCUT2D eigenvalue weighted by atomic mass is 79.9. The van der Waals surface area contributed by atoms with Crippen LogP contribution in [0.1, 0.15) is 46.0 Å². The first-order valence-electron chi connectivity index (χ1n) is 11.1. The van der Waals surface area contributed by atoms with Gasteiger partial charge in [0.2, 0.25) is 0 Å². The van der Waals surface area contributed by atoms with E-state index in [0.29, 0.717) is 48.3 Å². The normalized spacial score (nSPS) is 11.9. The van der Waals surface area contributed by atoms with Crippen molar-refractivity contribution >= 4 is 72.3 Å². The summed E-state index contributed by atoms with van der Waals surface area (Å²) in [7, 11) is 0. The van der Waals surface area contributed by atoms with Crippen LogP contribution < -0.4 is 16.4 Å². The maximum absolute atomic E-state index is 13.6. The summed E-state index contributed by atoms with van der Waals surface area (Å²) in [4.78, 5) is 32.2. The van der Waals surface area contributed by atoms with Crippen molar-refractivity contribution in [3.63, 3.8) is 0 Å². The molecule has 1 atom stereocenters. The fraction of sp³-hybridized carbons (Fsp3) is 0.192. The molecule has 2 aromatic heterocycles. The maximum atomic E-state index is 13.6. The molecular weight excluding hydrogens is 548 g/mol. The Bertz CT molecular complexity index is 1420. The number of amides is 2. The molecule has 4 aromatic rings. The molecule has 0 saturated heterocycles. The summed E-state index contributed by atoms with van der Waals surface area (Å²) < 4.78 is 0.905. The van der Waals surface area contributed by atoms with E-state index in [0.717, 1.165) is 16.5 Å². The van der Waals surface area contributed by atoms with Crippen LogP contribution >= 0.6 is 38.9 Å². The number of hydrogen-bond acceptors (Lipinski definition) is 5. The number of nitrogens with one attached hydrogen (secondary N) is 2. The average Bonchev–Trinajstić information content (AvgIpc) is 3.16. The highest BCUT2D eigenvalue weighted by molar-refractivity contribution is 9.10. The molecule has 9 heteroatoms. The Labute approximate surface area is 221 Å². The number of rotatable bonds is 6. The van der Waals surface area contributed by atoms with Crippen molar-refractivity contribution in [2.24, 2.45) is 0 Å². The molecule has 0 spiro atoms. The summed E-state index contributed by atoms with van der Waals surface area (Å²) in [5.41, 5.74) is 9.86. The number of nitrogens with zero attached hydrogens (tertiary/aromatic N) is 1. The van der Waals surface area contributed by atoms with Crippen LogP contribution in [0.4, 0.5) is 11.4 Å². The van der Waals surface area contributed by atoms with Crippen LogP contribution in [0.25, 0.3) is 21.3 Å². The first-order chi connectivity index (χ1) is 16.7. The molecular formula is C26H24BrClN4O2S. The zero-order chi connectivity index (χ0) is 25.3. The van der Waals surface area contributed by atoms with E-state index in [1.807, 2.05) is 38.1 Å². The first kappa shape index (κ1) is 25.2. The number of hydrogen-bond donors (Lipinski definition) is 3. The number of carbonyl (C=O) groups excluding carboxylic acids is 2. The smallest absolute Gasteiger partial charge is 0.263 e. The molecule has 6 nitrogen and oxygen atoms in total.